The molecule has 1 atom stereocenters. The molecule has 2 rings (SSSR count). The van der Waals surface area contributed by atoms with Crippen molar-refractivity contribution in [2.24, 2.45) is 4.99 Å². The number of carbonyl (C=O) groups is 3. The molecule has 1 fully saturated rings. The summed E-state index contributed by atoms with van der Waals surface area (Å²) in [6.45, 7) is 0. The van der Waals surface area contributed by atoms with E-state index in [4.69, 9.17) is 5.26 Å². The van der Waals surface area contributed by atoms with Gasteiger partial charge in [0.15, 0.2) is 5.84 Å². The fraction of sp³-hybridized carbons (Fsp3) is 0.333. The molecule has 0 saturated carbocycles. The van der Waals surface area contributed by atoms with E-state index in [2.05, 4.69) is 15.2 Å². The number of nitrogens with one attached hydrogen (secondary N) is 2. The number of likely N-dealkylation sites (N-methyl/N-ethyl adjacent to an activating group) is 1. The van der Waals surface area contributed by atoms with Gasteiger partial charge in [-0.25, -0.2) is 14.8 Å². The third-order valence-corrected chi connectivity index (χ3v) is 2.10. The molecule has 2 aliphatic rings. The van der Waals surface area contributed by atoms with Crippen molar-refractivity contribution in [3.8, 4) is 0 Å². The van der Waals surface area contributed by atoms with Gasteiger partial charge in [0.25, 0.3) is 5.91 Å². The molecule has 2 heterocycles. The highest BCUT2D eigenvalue weighted by molar-refractivity contribution is 6.27. The Hall–Kier alpha value is -2.00. The lowest BCUT2D eigenvalue weighted by Gasteiger charge is -2.25. The number of aliphatic imine (C=N–C) groups is 1. The molecule has 5 amide bonds. The molecule has 2 aliphatic heterocycles. The van der Waals surface area contributed by atoms with Crippen LogP contribution in [-0.4, -0.2) is 46.7 Å². The molecule has 0 aliphatic carbocycles. The number of rotatable bonds is 1. The Morgan fingerprint density at radius 2 is 2.13 bits per heavy atom. The van der Waals surface area contributed by atoms with Gasteiger partial charge in [0.1, 0.15) is 0 Å². The number of urea groups is 2. The van der Waals surface area contributed by atoms with Crippen molar-refractivity contribution >= 4 is 23.8 Å². The van der Waals surface area contributed by atoms with Crippen LogP contribution in [0.2, 0.25) is 0 Å². The second-order valence-electron chi connectivity index (χ2n) is 2.96. The van der Waals surface area contributed by atoms with E-state index in [0.717, 1.165) is 4.90 Å². The predicted molar refractivity (Wildman–Crippen MR) is 43.7 cm³/mol. The van der Waals surface area contributed by atoms with Crippen LogP contribution in [0.4, 0.5) is 9.59 Å². The Morgan fingerprint density at radius 3 is 2.73 bits per heavy atom. The monoisotopic (exact) mass is 214 g/mol. The van der Waals surface area contributed by atoms with Crippen molar-refractivity contribution < 1.29 is 24.5 Å². The average Bonchev–Trinajstić information content (AvgIpc) is 2.43. The van der Waals surface area contributed by atoms with Crippen LogP contribution in [0, 0.1) is 0 Å². The fourth-order valence-electron chi connectivity index (χ4n) is 1.35. The van der Waals surface area contributed by atoms with Crippen LogP contribution in [-0.2, 0) is 9.68 Å². The Labute approximate surface area is 82.6 Å². The van der Waals surface area contributed by atoms with Crippen LogP contribution >= 0.6 is 0 Å². The van der Waals surface area contributed by atoms with E-state index in [1.807, 2.05) is 0 Å². The highest BCUT2D eigenvalue weighted by atomic mass is 17.1. The van der Waals surface area contributed by atoms with Gasteiger partial charge in [0.2, 0.25) is 0 Å². The molecule has 0 aromatic carbocycles. The summed E-state index contributed by atoms with van der Waals surface area (Å²) < 4.78 is 0. The van der Waals surface area contributed by atoms with Gasteiger partial charge in [-0.3, -0.25) is 20.3 Å². The lowest BCUT2D eigenvalue weighted by Crippen LogP contribution is -2.63. The third-order valence-electron chi connectivity index (χ3n) is 2.10. The van der Waals surface area contributed by atoms with Crippen molar-refractivity contribution in [3.63, 3.8) is 0 Å². The van der Waals surface area contributed by atoms with E-state index in [9.17, 15) is 14.4 Å². The van der Waals surface area contributed by atoms with Crippen LogP contribution in [0.1, 0.15) is 0 Å². The summed E-state index contributed by atoms with van der Waals surface area (Å²) >= 11 is 0. The number of hydrogen-bond donors (Lipinski definition) is 3. The molecule has 9 nitrogen and oxygen atoms in total. The first-order valence-electron chi connectivity index (χ1n) is 3.84. The van der Waals surface area contributed by atoms with Gasteiger partial charge in [-0.15, -0.1) is 0 Å². The maximum atomic E-state index is 11.4. The van der Waals surface area contributed by atoms with Crippen LogP contribution in [0.3, 0.4) is 0 Å². The minimum absolute atomic E-state index is 0.302. The average molecular weight is 214 g/mol. The third kappa shape index (κ3) is 1.04. The molecule has 15 heavy (non-hydrogen) atoms. The molecule has 0 radical (unpaired) electrons. The minimum Gasteiger partial charge on any atom is -0.293 e. The summed E-state index contributed by atoms with van der Waals surface area (Å²) in [5.41, 5.74) is -2.13. The number of carbonyl (C=O) groups excluding carboxylic acids is 3. The SMILES string of the molecule is CN1C(=O)N[C@@]2(OO)C(=O)NC(=O)N=C12. The summed E-state index contributed by atoms with van der Waals surface area (Å²) in [7, 11) is 1.28. The Balaban J connectivity index is 2.57. The van der Waals surface area contributed by atoms with Crippen molar-refractivity contribution in [1.82, 2.24) is 15.5 Å². The van der Waals surface area contributed by atoms with Gasteiger partial charge in [-0.2, -0.15) is 9.88 Å². The van der Waals surface area contributed by atoms with E-state index in [1.165, 1.54) is 7.05 Å². The highest BCUT2D eigenvalue weighted by Crippen LogP contribution is 2.21. The number of nitrogens with zero attached hydrogens (tertiary/aromatic N) is 2. The molecule has 0 spiro atoms. The summed E-state index contributed by atoms with van der Waals surface area (Å²) in [6, 6.07) is -1.64. The molecule has 0 aromatic heterocycles. The number of amides is 5. The smallest absolute Gasteiger partial charge is 0.293 e. The van der Waals surface area contributed by atoms with E-state index in [0.29, 0.717) is 0 Å². The van der Waals surface area contributed by atoms with Crippen LogP contribution in [0.25, 0.3) is 0 Å². The largest absolute Gasteiger partial charge is 0.349 e. The number of hydrogen-bond acceptors (Lipinski definition) is 5. The fourth-order valence-corrected chi connectivity index (χ4v) is 1.35. The van der Waals surface area contributed by atoms with Gasteiger partial charge < -0.3 is 0 Å². The van der Waals surface area contributed by atoms with Gasteiger partial charge in [0.05, 0.1) is 0 Å². The van der Waals surface area contributed by atoms with E-state index in [1.54, 1.807) is 5.32 Å². The van der Waals surface area contributed by atoms with E-state index >= 15 is 0 Å². The summed E-state index contributed by atoms with van der Waals surface area (Å²) in [5, 5.41) is 12.5. The lowest BCUT2D eigenvalue weighted by atomic mass is 10.1. The number of imide groups is 1. The molecule has 9 heteroatoms. The highest BCUT2D eigenvalue weighted by Gasteiger charge is 2.58. The van der Waals surface area contributed by atoms with Gasteiger partial charge in [-0.1, -0.05) is 0 Å². The van der Waals surface area contributed by atoms with E-state index in [-0.39, 0.29) is 5.84 Å². The summed E-state index contributed by atoms with van der Waals surface area (Å²) in [5.74, 6) is -1.30. The first kappa shape index (κ1) is 9.55. The van der Waals surface area contributed by atoms with Gasteiger partial charge in [0, 0.05) is 7.05 Å². The Bertz CT molecular complexity index is 404. The normalized spacial score (nSPS) is 29.6. The van der Waals surface area contributed by atoms with Crippen LogP contribution < -0.4 is 10.6 Å². The lowest BCUT2D eigenvalue weighted by molar-refractivity contribution is -0.294. The number of amidine groups is 1. The zero-order valence-electron chi connectivity index (χ0n) is 7.47. The maximum Gasteiger partial charge on any atom is 0.349 e. The Morgan fingerprint density at radius 1 is 1.47 bits per heavy atom. The first-order valence-corrected chi connectivity index (χ1v) is 3.84. The Kier molecular flexibility index (Phi) is 1.75. The second-order valence-corrected chi connectivity index (χ2v) is 2.96. The standard InChI is InChI=1S/C6H6N4O5/c1-10-2-6(15-14,9-5(10)13)3(11)8-4(12)7-2/h14H,1H3,(H,9,13)(H,8,11,12)/t6-/m0/s1. The summed E-state index contributed by atoms with van der Waals surface area (Å²) in [6.07, 6.45) is 0. The van der Waals surface area contributed by atoms with Crippen LogP contribution in [0.5, 0.6) is 0 Å². The van der Waals surface area contributed by atoms with Crippen molar-refractivity contribution in [2.75, 3.05) is 7.05 Å². The minimum atomic E-state index is -2.13. The zero-order chi connectivity index (χ0) is 11.2. The van der Waals surface area contributed by atoms with Gasteiger partial charge >= 0.3 is 17.8 Å². The summed E-state index contributed by atoms with van der Waals surface area (Å²) in [4.78, 5) is 41.7. The molecule has 1 saturated heterocycles. The van der Waals surface area contributed by atoms with E-state index < -0.39 is 23.7 Å². The molecule has 80 valence electrons. The molecule has 3 N–H and O–H groups in total. The number of fused-ring (bicyclic) bond motifs is 1. The second kappa shape index (κ2) is 2.74. The van der Waals surface area contributed by atoms with Gasteiger partial charge in [-0.05, 0) is 0 Å². The topological polar surface area (TPSA) is 120 Å². The zero-order valence-corrected chi connectivity index (χ0v) is 7.47. The van der Waals surface area contributed by atoms with Crippen molar-refractivity contribution in [1.29, 1.82) is 0 Å². The molecule has 0 unspecified atom stereocenters. The predicted octanol–water partition coefficient (Wildman–Crippen LogP) is -1.52. The molecular formula is C6H6N4O5. The molecule has 0 aromatic rings. The quantitative estimate of drug-likeness (QED) is 0.361. The maximum absolute atomic E-state index is 11.4. The van der Waals surface area contributed by atoms with Crippen molar-refractivity contribution in [2.45, 2.75) is 5.72 Å². The first-order chi connectivity index (χ1) is 7.01. The molecule has 0 bridgehead atoms. The van der Waals surface area contributed by atoms with Crippen molar-refractivity contribution in [3.05, 3.63) is 0 Å². The molecular weight excluding hydrogens is 208 g/mol. The van der Waals surface area contributed by atoms with Crippen LogP contribution in [0.15, 0.2) is 4.99 Å².